The number of aromatic nitrogens is 4. The molecule has 1 aliphatic rings. The summed E-state index contributed by atoms with van der Waals surface area (Å²) in [7, 11) is 0. The lowest BCUT2D eigenvalue weighted by molar-refractivity contribution is -0.146. The topological polar surface area (TPSA) is 86.8 Å². The Bertz CT molecular complexity index is 1190. The van der Waals surface area contributed by atoms with Crippen molar-refractivity contribution in [2.45, 2.75) is 24.9 Å². The van der Waals surface area contributed by atoms with Crippen LogP contribution in [0.1, 0.15) is 30.1 Å². The number of piperidine rings is 1. The Morgan fingerprint density at radius 2 is 1.42 bits per heavy atom. The van der Waals surface area contributed by atoms with Crippen LogP contribution in [0.4, 0.5) is 19.0 Å². The largest absolute Gasteiger partial charge is 0.508 e. The van der Waals surface area contributed by atoms with Crippen molar-refractivity contribution >= 4 is 11.5 Å². The Morgan fingerprint density at radius 3 is 2.00 bits per heavy atom. The molecule has 0 saturated carbocycles. The molecule has 5 rings (SSSR count). The van der Waals surface area contributed by atoms with Gasteiger partial charge in [0.1, 0.15) is 17.3 Å². The smallest absolute Gasteiger partial charge is 0.453 e. The minimum Gasteiger partial charge on any atom is -0.508 e. The van der Waals surface area contributed by atoms with Crippen LogP contribution < -0.4 is 4.90 Å². The fraction of sp³-hybridized carbons (Fsp3) is 0.261. The van der Waals surface area contributed by atoms with E-state index in [0.717, 1.165) is 22.9 Å². The lowest BCUT2D eigenvalue weighted by Crippen LogP contribution is -2.34. The molecular weight excluding hydrogens is 435 g/mol. The molecule has 3 heterocycles. The van der Waals surface area contributed by atoms with Crippen molar-refractivity contribution < 1.29 is 23.4 Å². The third kappa shape index (κ3) is 5.33. The first-order valence-corrected chi connectivity index (χ1v) is 10.4. The lowest BCUT2D eigenvalue weighted by Gasteiger charge is -2.33. The van der Waals surface area contributed by atoms with Crippen LogP contribution in [0.3, 0.4) is 0 Å². The lowest BCUT2D eigenvalue weighted by atomic mass is 9.89. The minimum atomic E-state index is -4.60. The molecule has 0 radical (unpaired) electrons. The summed E-state index contributed by atoms with van der Waals surface area (Å²) in [6.07, 6.45) is -2.88. The highest BCUT2D eigenvalue weighted by Crippen LogP contribution is 2.31. The zero-order valence-corrected chi connectivity index (χ0v) is 17.5. The number of hydrogen-bond donors (Lipinski definition) is 2. The molecular formula is C23H22F3N5O2. The number of phenolic OH excluding ortho intramolecular Hbond substituents is 2. The zero-order chi connectivity index (χ0) is 23.4. The van der Waals surface area contributed by atoms with Gasteiger partial charge in [0.15, 0.2) is 5.65 Å². The molecule has 1 fully saturated rings. The molecule has 7 nitrogen and oxygen atoms in total. The van der Waals surface area contributed by atoms with Gasteiger partial charge in [-0.2, -0.15) is 17.7 Å². The van der Waals surface area contributed by atoms with Gasteiger partial charge in [-0.05, 0) is 60.7 Å². The predicted octanol–water partition coefficient (Wildman–Crippen LogP) is 4.62. The molecule has 0 spiro atoms. The van der Waals surface area contributed by atoms with E-state index in [1.807, 2.05) is 23.1 Å². The van der Waals surface area contributed by atoms with E-state index in [4.69, 9.17) is 5.11 Å². The molecule has 0 amide bonds. The maximum Gasteiger partial charge on any atom is 0.453 e. The molecule has 4 aromatic rings. The van der Waals surface area contributed by atoms with Crippen molar-refractivity contribution in [3.8, 4) is 11.5 Å². The number of phenols is 2. The van der Waals surface area contributed by atoms with Crippen molar-refractivity contribution in [3.05, 3.63) is 78.1 Å². The highest BCUT2D eigenvalue weighted by atomic mass is 19.4. The van der Waals surface area contributed by atoms with E-state index in [-0.39, 0.29) is 11.4 Å². The molecule has 0 unspecified atom stereocenters. The third-order valence-corrected chi connectivity index (χ3v) is 5.44. The van der Waals surface area contributed by atoms with Crippen LogP contribution in [-0.4, -0.2) is 43.1 Å². The van der Waals surface area contributed by atoms with E-state index < -0.39 is 12.0 Å². The van der Waals surface area contributed by atoms with Crippen molar-refractivity contribution in [1.82, 2.24) is 19.8 Å². The highest BCUT2D eigenvalue weighted by molar-refractivity contribution is 5.46. The summed E-state index contributed by atoms with van der Waals surface area (Å²) in [5.74, 6) is 0.275. The van der Waals surface area contributed by atoms with Gasteiger partial charge in [-0.1, -0.05) is 30.3 Å². The van der Waals surface area contributed by atoms with Crippen molar-refractivity contribution in [2.75, 3.05) is 18.0 Å². The van der Waals surface area contributed by atoms with Gasteiger partial charge in [-0.15, -0.1) is 15.3 Å². The first kappa shape index (κ1) is 22.4. The first-order valence-electron chi connectivity index (χ1n) is 10.4. The number of rotatable bonds is 2. The van der Waals surface area contributed by atoms with Crippen LogP contribution in [0.15, 0.2) is 66.7 Å². The number of hydrogen-bond acceptors (Lipinski definition) is 6. The fourth-order valence-electron chi connectivity index (χ4n) is 3.74. The fourth-order valence-corrected chi connectivity index (χ4v) is 3.74. The van der Waals surface area contributed by atoms with Gasteiger partial charge >= 0.3 is 6.18 Å². The molecule has 1 saturated heterocycles. The summed E-state index contributed by atoms with van der Waals surface area (Å²) in [6.45, 7) is 1.38. The molecule has 0 aliphatic carbocycles. The Morgan fingerprint density at radius 1 is 0.788 bits per heavy atom. The average Bonchev–Trinajstić information content (AvgIpc) is 3.25. The van der Waals surface area contributed by atoms with Crippen LogP contribution in [0.25, 0.3) is 5.65 Å². The normalized spacial score (nSPS) is 14.7. The van der Waals surface area contributed by atoms with Gasteiger partial charge < -0.3 is 15.1 Å². The Balaban J connectivity index is 0.000000318. The highest BCUT2D eigenvalue weighted by Gasteiger charge is 2.38. The quantitative estimate of drug-likeness (QED) is 0.457. The van der Waals surface area contributed by atoms with Crippen LogP contribution >= 0.6 is 0 Å². The second kappa shape index (κ2) is 9.35. The van der Waals surface area contributed by atoms with Gasteiger partial charge in [0.2, 0.25) is 0 Å². The Labute approximate surface area is 187 Å². The number of nitrogens with zero attached hydrogens (tertiary/aromatic N) is 5. The second-order valence-electron chi connectivity index (χ2n) is 7.67. The van der Waals surface area contributed by atoms with Gasteiger partial charge in [0.05, 0.1) is 0 Å². The number of para-hydroxylation sites is 1. The van der Waals surface area contributed by atoms with Crippen molar-refractivity contribution in [2.24, 2.45) is 0 Å². The average molecular weight is 457 g/mol. The number of halogens is 3. The monoisotopic (exact) mass is 457 g/mol. The Hall–Kier alpha value is -3.82. The number of aromatic hydroxyl groups is 2. The van der Waals surface area contributed by atoms with Crippen molar-refractivity contribution in [3.63, 3.8) is 0 Å². The first-order chi connectivity index (χ1) is 15.8. The zero-order valence-electron chi connectivity index (χ0n) is 17.5. The molecule has 10 heteroatoms. The SMILES string of the molecule is Oc1ccc(C2CCN(c3ccc4nnc(C(F)(F)F)n4n3)CC2)cc1.Oc1ccccc1. The van der Waals surface area contributed by atoms with Gasteiger partial charge in [-0.25, -0.2) is 0 Å². The van der Waals surface area contributed by atoms with E-state index in [2.05, 4.69) is 15.3 Å². The summed E-state index contributed by atoms with van der Waals surface area (Å²) in [6, 6.07) is 19.0. The number of benzene rings is 2. The summed E-state index contributed by atoms with van der Waals surface area (Å²) in [4.78, 5) is 1.97. The molecule has 0 bridgehead atoms. The molecule has 2 aromatic heterocycles. The van der Waals surface area contributed by atoms with E-state index in [0.29, 0.717) is 30.6 Å². The minimum absolute atomic E-state index is 0.0695. The molecule has 33 heavy (non-hydrogen) atoms. The maximum absolute atomic E-state index is 13.0. The summed E-state index contributed by atoms with van der Waals surface area (Å²) < 4.78 is 39.7. The molecule has 172 valence electrons. The summed E-state index contributed by atoms with van der Waals surface area (Å²) in [5.41, 5.74) is 1.23. The van der Waals surface area contributed by atoms with E-state index in [1.165, 1.54) is 6.07 Å². The summed E-state index contributed by atoms with van der Waals surface area (Å²) >= 11 is 0. The van der Waals surface area contributed by atoms with Crippen molar-refractivity contribution in [1.29, 1.82) is 0 Å². The number of alkyl halides is 3. The standard InChI is InChI=1S/C17H16F3N5O.C6H6O/c18-17(19,20)16-22-21-14-5-6-15(23-25(14)16)24-9-7-12(8-10-24)11-1-3-13(26)4-2-11;7-6-4-2-1-3-5-6/h1-6,12,26H,7-10H2;1-5,7H. The maximum atomic E-state index is 13.0. The van der Waals surface area contributed by atoms with Gasteiger partial charge in [0.25, 0.3) is 5.82 Å². The molecule has 0 atom stereocenters. The van der Waals surface area contributed by atoms with Crippen LogP contribution in [0.2, 0.25) is 0 Å². The molecule has 1 aliphatic heterocycles. The predicted molar refractivity (Wildman–Crippen MR) is 116 cm³/mol. The number of fused-ring (bicyclic) bond motifs is 1. The van der Waals surface area contributed by atoms with E-state index in [9.17, 15) is 18.3 Å². The van der Waals surface area contributed by atoms with Gasteiger partial charge in [0, 0.05) is 13.1 Å². The number of anilines is 1. The van der Waals surface area contributed by atoms with Crippen LogP contribution in [0.5, 0.6) is 11.5 Å². The second-order valence-corrected chi connectivity index (χ2v) is 7.67. The molecule has 2 N–H and O–H groups in total. The van der Waals surface area contributed by atoms with Crippen LogP contribution in [0, 0.1) is 0 Å². The third-order valence-electron chi connectivity index (χ3n) is 5.44. The van der Waals surface area contributed by atoms with E-state index in [1.54, 1.807) is 42.5 Å². The van der Waals surface area contributed by atoms with Crippen LogP contribution in [-0.2, 0) is 6.18 Å². The van der Waals surface area contributed by atoms with Gasteiger partial charge in [-0.3, -0.25) is 0 Å². The Kier molecular flexibility index (Phi) is 6.34. The summed E-state index contributed by atoms with van der Waals surface area (Å²) in [5, 5.41) is 28.8. The van der Waals surface area contributed by atoms with E-state index >= 15 is 0 Å². The molecule has 2 aromatic carbocycles.